The summed E-state index contributed by atoms with van der Waals surface area (Å²) in [4.78, 5) is 25.9. The van der Waals surface area contributed by atoms with Crippen LogP contribution in [0.4, 0.5) is 0 Å². The number of hydrogen-bond donors (Lipinski definition) is 3. The van der Waals surface area contributed by atoms with Gasteiger partial charge in [0.05, 0.1) is 5.56 Å². The molecule has 1 amide bonds. The van der Waals surface area contributed by atoms with E-state index in [1.54, 1.807) is 0 Å². The molecule has 0 radical (unpaired) electrons. The Morgan fingerprint density at radius 2 is 2.11 bits per heavy atom. The third kappa shape index (κ3) is 4.50. The Bertz CT molecular complexity index is 404. The van der Waals surface area contributed by atoms with E-state index in [-0.39, 0.29) is 11.6 Å². The van der Waals surface area contributed by atoms with Gasteiger partial charge in [-0.2, -0.15) is 0 Å². The van der Waals surface area contributed by atoms with Gasteiger partial charge < -0.3 is 15.7 Å². The van der Waals surface area contributed by atoms with Crippen LogP contribution < -0.4 is 10.6 Å². The maximum atomic E-state index is 11.6. The van der Waals surface area contributed by atoms with Gasteiger partial charge in [-0.15, -0.1) is 0 Å². The van der Waals surface area contributed by atoms with Gasteiger partial charge in [0, 0.05) is 12.7 Å². The topological polar surface area (TPSA) is 91.3 Å². The number of amides is 1. The summed E-state index contributed by atoms with van der Waals surface area (Å²) >= 11 is 0. The largest absolute Gasteiger partial charge is 0.477 e. The second kappa shape index (κ2) is 7.39. The van der Waals surface area contributed by atoms with Crippen molar-refractivity contribution >= 4 is 11.9 Å². The molecular weight excluding hydrogens is 234 g/mol. The minimum absolute atomic E-state index is 0.0707. The summed E-state index contributed by atoms with van der Waals surface area (Å²) in [6.07, 6.45) is 2.11. The Morgan fingerprint density at radius 1 is 1.33 bits per heavy atom. The Kier molecular flexibility index (Phi) is 5.79. The number of rotatable bonds is 7. The molecule has 0 aliphatic carbocycles. The van der Waals surface area contributed by atoms with Crippen LogP contribution in [0, 0.1) is 0 Å². The molecule has 0 aliphatic heterocycles. The molecule has 0 bridgehead atoms. The molecule has 0 saturated carbocycles. The number of carboxylic acids is 1. The fraction of sp³-hybridized carbons (Fsp3) is 0.417. The fourth-order valence-electron chi connectivity index (χ4n) is 1.35. The maximum Gasteiger partial charge on any atom is 0.354 e. The molecule has 98 valence electrons. The molecule has 0 aliphatic rings. The molecule has 1 aromatic heterocycles. The summed E-state index contributed by atoms with van der Waals surface area (Å²) in [6.45, 7) is 4.36. The number of aromatic carboxylic acids is 1. The van der Waals surface area contributed by atoms with Crippen LogP contribution in [0.5, 0.6) is 0 Å². The zero-order valence-electron chi connectivity index (χ0n) is 10.3. The highest BCUT2D eigenvalue weighted by atomic mass is 16.4. The molecule has 6 heteroatoms. The first-order valence-electron chi connectivity index (χ1n) is 5.83. The van der Waals surface area contributed by atoms with Crippen molar-refractivity contribution < 1.29 is 14.7 Å². The van der Waals surface area contributed by atoms with E-state index in [1.807, 2.05) is 6.92 Å². The molecular formula is C12H17N3O3. The summed E-state index contributed by atoms with van der Waals surface area (Å²) in [6, 6.07) is 2.77. The molecule has 18 heavy (non-hydrogen) atoms. The average Bonchev–Trinajstić information content (AvgIpc) is 2.38. The van der Waals surface area contributed by atoms with Crippen molar-refractivity contribution in [3.8, 4) is 0 Å². The highest BCUT2D eigenvalue weighted by molar-refractivity contribution is 5.94. The van der Waals surface area contributed by atoms with E-state index < -0.39 is 5.97 Å². The highest BCUT2D eigenvalue weighted by Crippen LogP contribution is 2.00. The number of hydrogen-bond acceptors (Lipinski definition) is 4. The molecule has 0 atom stereocenters. The molecule has 0 spiro atoms. The normalized spacial score (nSPS) is 10.1. The van der Waals surface area contributed by atoms with Gasteiger partial charge in [-0.25, -0.2) is 9.78 Å². The SMILES string of the molecule is CCNCCCNC(=O)c1ccc(C(=O)O)nc1. The van der Waals surface area contributed by atoms with Gasteiger partial charge in [0.1, 0.15) is 5.69 Å². The lowest BCUT2D eigenvalue weighted by Gasteiger charge is -2.05. The second-order valence-electron chi connectivity index (χ2n) is 3.70. The van der Waals surface area contributed by atoms with Crippen LogP contribution in [0.2, 0.25) is 0 Å². The lowest BCUT2D eigenvalue weighted by atomic mass is 10.2. The molecule has 3 N–H and O–H groups in total. The van der Waals surface area contributed by atoms with Crippen molar-refractivity contribution in [1.29, 1.82) is 0 Å². The number of carboxylic acid groups (broad SMARTS) is 1. The predicted molar refractivity (Wildman–Crippen MR) is 66.7 cm³/mol. The molecule has 0 aromatic carbocycles. The van der Waals surface area contributed by atoms with Crippen LogP contribution in [0.25, 0.3) is 0 Å². The first-order valence-corrected chi connectivity index (χ1v) is 5.83. The third-order valence-electron chi connectivity index (χ3n) is 2.31. The molecule has 1 heterocycles. The van der Waals surface area contributed by atoms with Gasteiger partial charge in [0.25, 0.3) is 5.91 Å². The van der Waals surface area contributed by atoms with Gasteiger partial charge in [-0.3, -0.25) is 4.79 Å². The number of carbonyl (C=O) groups excluding carboxylic acids is 1. The third-order valence-corrected chi connectivity index (χ3v) is 2.31. The van der Waals surface area contributed by atoms with Crippen LogP contribution >= 0.6 is 0 Å². The Labute approximate surface area is 105 Å². The predicted octanol–water partition coefficient (Wildman–Crippen LogP) is 0.509. The van der Waals surface area contributed by atoms with E-state index in [2.05, 4.69) is 15.6 Å². The van der Waals surface area contributed by atoms with Crippen LogP contribution in [-0.2, 0) is 0 Å². The van der Waals surface area contributed by atoms with Gasteiger partial charge >= 0.3 is 5.97 Å². The summed E-state index contributed by atoms with van der Waals surface area (Å²) in [5.41, 5.74) is 0.294. The van der Waals surface area contributed by atoms with Gasteiger partial charge in [0.2, 0.25) is 0 Å². The van der Waals surface area contributed by atoms with E-state index in [0.717, 1.165) is 19.5 Å². The van der Waals surface area contributed by atoms with E-state index >= 15 is 0 Å². The molecule has 0 fully saturated rings. The second-order valence-corrected chi connectivity index (χ2v) is 3.70. The smallest absolute Gasteiger partial charge is 0.354 e. The van der Waals surface area contributed by atoms with Crippen LogP contribution in [0.3, 0.4) is 0 Å². The van der Waals surface area contributed by atoms with Crippen molar-refractivity contribution in [2.75, 3.05) is 19.6 Å². The lowest BCUT2D eigenvalue weighted by molar-refractivity contribution is 0.0689. The Balaban J connectivity index is 2.39. The maximum absolute atomic E-state index is 11.6. The van der Waals surface area contributed by atoms with Gasteiger partial charge in [0.15, 0.2) is 0 Å². The summed E-state index contributed by atoms with van der Waals surface area (Å²) in [7, 11) is 0. The quantitative estimate of drug-likeness (QED) is 0.614. The Morgan fingerprint density at radius 3 is 2.67 bits per heavy atom. The van der Waals surface area contributed by atoms with E-state index in [4.69, 9.17) is 5.11 Å². The zero-order chi connectivity index (χ0) is 13.4. The lowest BCUT2D eigenvalue weighted by Crippen LogP contribution is -2.27. The number of aromatic nitrogens is 1. The molecule has 1 aromatic rings. The number of carbonyl (C=O) groups is 2. The van der Waals surface area contributed by atoms with Gasteiger partial charge in [-0.1, -0.05) is 6.92 Å². The number of pyridine rings is 1. The summed E-state index contributed by atoms with van der Waals surface area (Å²) in [5, 5.41) is 14.6. The standard InChI is InChI=1S/C12H17N3O3/c1-2-13-6-3-7-14-11(16)9-4-5-10(12(17)18)15-8-9/h4-5,8,13H,2-3,6-7H2,1H3,(H,14,16)(H,17,18). The van der Waals surface area contributed by atoms with Crippen LogP contribution in [0.1, 0.15) is 34.2 Å². The number of nitrogens with zero attached hydrogens (tertiary/aromatic N) is 1. The van der Waals surface area contributed by atoms with Crippen molar-refractivity contribution in [3.05, 3.63) is 29.6 Å². The van der Waals surface area contributed by atoms with Crippen molar-refractivity contribution in [1.82, 2.24) is 15.6 Å². The fourth-order valence-corrected chi connectivity index (χ4v) is 1.35. The first-order chi connectivity index (χ1) is 8.65. The Hall–Kier alpha value is -1.95. The van der Waals surface area contributed by atoms with Crippen LogP contribution in [0.15, 0.2) is 18.3 Å². The molecule has 0 saturated heterocycles. The minimum Gasteiger partial charge on any atom is -0.477 e. The van der Waals surface area contributed by atoms with E-state index in [9.17, 15) is 9.59 Å². The zero-order valence-corrected chi connectivity index (χ0v) is 10.3. The summed E-state index contributed by atoms with van der Waals surface area (Å²) in [5.74, 6) is -1.34. The summed E-state index contributed by atoms with van der Waals surface area (Å²) < 4.78 is 0. The average molecular weight is 251 g/mol. The monoisotopic (exact) mass is 251 g/mol. The van der Waals surface area contributed by atoms with E-state index in [1.165, 1.54) is 18.3 Å². The molecule has 6 nitrogen and oxygen atoms in total. The number of nitrogens with one attached hydrogen (secondary N) is 2. The first kappa shape index (κ1) is 14.1. The van der Waals surface area contributed by atoms with E-state index in [0.29, 0.717) is 12.1 Å². The molecule has 0 unspecified atom stereocenters. The highest BCUT2D eigenvalue weighted by Gasteiger charge is 2.08. The van der Waals surface area contributed by atoms with Crippen molar-refractivity contribution in [3.63, 3.8) is 0 Å². The van der Waals surface area contributed by atoms with Gasteiger partial charge in [-0.05, 0) is 31.6 Å². The van der Waals surface area contributed by atoms with Crippen molar-refractivity contribution in [2.24, 2.45) is 0 Å². The van der Waals surface area contributed by atoms with Crippen LogP contribution in [-0.4, -0.2) is 41.6 Å². The minimum atomic E-state index is -1.10. The molecule has 1 rings (SSSR count). The van der Waals surface area contributed by atoms with Crippen molar-refractivity contribution in [2.45, 2.75) is 13.3 Å².